The summed E-state index contributed by atoms with van der Waals surface area (Å²) in [5.41, 5.74) is 3.18. The maximum Gasteiger partial charge on any atom is 0.461 e. The third-order valence-corrected chi connectivity index (χ3v) is 5.26. The molecule has 4 rings (SSSR count). The van der Waals surface area contributed by atoms with Gasteiger partial charge in [-0.3, -0.25) is 0 Å². The van der Waals surface area contributed by atoms with E-state index in [2.05, 4.69) is 30.7 Å². The zero-order chi connectivity index (χ0) is 24.3. The Labute approximate surface area is 191 Å². The van der Waals surface area contributed by atoms with E-state index in [9.17, 15) is 22.0 Å². The molecule has 0 amide bonds. The number of unbranched alkanes of at least 4 members (excludes halogenated alkanes) is 1. The van der Waals surface area contributed by atoms with E-state index in [0.29, 0.717) is 17.8 Å². The minimum absolute atomic E-state index is 0.00787. The molecule has 2 heterocycles. The number of hydrogen-bond donors (Lipinski definition) is 1. The topological polar surface area (TPSA) is 85.2 Å². The van der Waals surface area contributed by atoms with Crippen LogP contribution in [0, 0.1) is 0 Å². The van der Waals surface area contributed by atoms with Gasteiger partial charge in [0.2, 0.25) is 5.82 Å². The van der Waals surface area contributed by atoms with Crippen LogP contribution in [0.5, 0.6) is 0 Å². The van der Waals surface area contributed by atoms with Crippen LogP contribution in [-0.4, -0.2) is 41.6 Å². The van der Waals surface area contributed by atoms with E-state index in [1.54, 1.807) is 12.1 Å². The number of aryl methyl sites for hydroxylation is 1. The second-order valence-corrected chi connectivity index (χ2v) is 7.68. The Hall–Kier alpha value is -3.70. The van der Waals surface area contributed by atoms with Crippen LogP contribution in [0.25, 0.3) is 22.5 Å². The van der Waals surface area contributed by atoms with Crippen molar-refractivity contribution >= 4 is 0 Å². The molecule has 0 fully saturated rings. The summed E-state index contributed by atoms with van der Waals surface area (Å²) in [6.07, 6.45) is -4.21. The van der Waals surface area contributed by atoms with Crippen LogP contribution in [-0.2, 0) is 18.9 Å². The molecule has 0 aliphatic heterocycles. The number of aromatic nitrogens is 7. The van der Waals surface area contributed by atoms with Crippen LogP contribution in [0.1, 0.15) is 37.0 Å². The first-order chi connectivity index (χ1) is 16.2. The predicted molar refractivity (Wildman–Crippen MR) is 113 cm³/mol. The van der Waals surface area contributed by atoms with Crippen LogP contribution < -0.4 is 0 Å². The van der Waals surface area contributed by atoms with E-state index in [1.807, 2.05) is 43.3 Å². The molecule has 0 saturated heterocycles. The number of H-pyrrole nitrogens is 1. The van der Waals surface area contributed by atoms with Crippen LogP contribution in [0.3, 0.4) is 0 Å². The zero-order valence-corrected chi connectivity index (χ0v) is 18.0. The van der Waals surface area contributed by atoms with Gasteiger partial charge in [-0.15, -0.1) is 10.2 Å². The summed E-state index contributed by atoms with van der Waals surface area (Å²) in [5, 5.41) is 17.4. The van der Waals surface area contributed by atoms with Crippen molar-refractivity contribution in [1.82, 2.24) is 35.4 Å². The van der Waals surface area contributed by atoms with Crippen molar-refractivity contribution in [3.05, 3.63) is 65.7 Å². The monoisotopic (exact) mass is 477 g/mol. The first-order valence-corrected chi connectivity index (χ1v) is 10.5. The lowest BCUT2D eigenvalue weighted by molar-refractivity contribution is -0.292. The molecule has 4 aromatic rings. The highest BCUT2D eigenvalue weighted by molar-refractivity contribution is 5.80. The fraction of sp³-hybridized carbons (Fsp3) is 0.318. The molecule has 1 N–H and O–H groups in total. The molecule has 0 spiro atoms. The molecule has 0 atom stereocenters. The Kier molecular flexibility index (Phi) is 6.40. The van der Waals surface area contributed by atoms with Gasteiger partial charge < -0.3 is 0 Å². The molecule has 0 aliphatic rings. The summed E-state index contributed by atoms with van der Waals surface area (Å²) in [7, 11) is 0. The van der Waals surface area contributed by atoms with Crippen LogP contribution in [0.4, 0.5) is 22.0 Å². The lowest BCUT2D eigenvalue weighted by Crippen LogP contribution is -2.35. The fourth-order valence-electron chi connectivity index (χ4n) is 3.46. The lowest BCUT2D eigenvalue weighted by atomic mass is 9.98. The maximum atomic E-state index is 13.8. The first kappa shape index (κ1) is 23.5. The van der Waals surface area contributed by atoms with Gasteiger partial charge in [0.1, 0.15) is 5.82 Å². The molecular weight excluding hydrogens is 457 g/mol. The van der Waals surface area contributed by atoms with Gasteiger partial charge in [0, 0.05) is 12.0 Å². The third kappa shape index (κ3) is 4.66. The smallest absolute Gasteiger partial charge is 0.245 e. The number of alkyl halides is 5. The molecule has 0 bridgehead atoms. The zero-order valence-electron chi connectivity index (χ0n) is 18.0. The van der Waals surface area contributed by atoms with Crippen LogP contribution in [0.15, 0.2) is 48.5 Å². The molecule has 0 aliphatic carbocycles. The summed E-state index contributed by atoms with van der Waals surface area (Å²) >= 11 is 0. The fourth-order valence-corrected chi connectivity index (χ4v) is 3.46. The Balaban J connectivity index is 1.62. The number of tetrazole rings is 1. The predicted octanol–water partition coefficient (Wildman–Crippen LogP) is 5.17. The second kappa shape index (κ2) is 9.27. The summed E-state index contributed by atoms with van der Waals surface area (Å²) < 4.78 is 67.3. The van der Waals surface area contributed by atoms with Crippen molar-refractivity contribution in [2.24, 2.45) is 0 Å². The molecule has 2 aromatic heterocycles. The number of nitrogens with one attached hydrogen (secondary N) is 1. The molecule has 0 saturated carbocycles. The van der Waals surface area contributed by atoms with E-state index in [1.165, 1.54) is 0 Å². The molecule has 12 heteroatoms. The number of halogens is 5. The van der Waals surface area contributed by atoms with Crippen molar-refractivity contribution in [3.63, 3.8) is 0 Å². The normalized spacial score (nSPS) is 12.3. The maximum absolute atomic E-state index is 13.8. The van der Waals surface area contributed by atoms with E-state index in [4.69, 9.17) is 0 Å². The van der Waals surface area contributed by atoms with E-state index < -0.39 is 17.9 Å². The average Bonchev–Trinajstić information content (AvgIpc) is 3.48. The first-order valence-electron chi connectivity index (χ1n) is 10.5. The quantitative estimate of drug-likeness (QED) is 0.354. The minimum Gasteiger partial charge on any atom is -0.245 e. The Morgan fingerprint density at radius 2 is 1.65 bits per heavy atom. The van der Waals surface area contributed by atoms with Crippen LogP contribution in [0.2, 0.25) is 0 Å². The van der Waals surface area contributed by atoms with Gasteiger partial charge in [-0.05, 0) is 33.5 Å². The summed E-state index contributed by atoms with van der Waals surface area (Å²) in [5.74, 6) is -6.06. The van der Waals surface area contributed by atoms with Gasteiger partial charge in [-0.25, -0.2) is 14.8 Å². The van der Waals surface area contributed by atoms with Gasteiger partial charge in [0.05, 0.1) is 6.54 Å². The van der Waals surface area contributed by atoms with Crippen molar-refractivity contribution < 1.29 is 22.0 Å². The number of benzene rings is 2. The SMILES string of the molecule is CCCCc1nc(C(F)(F)C(F)(F)F)nn1Cc1ccc(-c2ccccc2-c2nnn[nH]2)cc1. The molecular formula is C22H20F5N7. The molecule has 178 valence electrons. The molecule has 7 nitrogen and oxygen atoms in total. The molecule has 2 aromatic carbocycles. The largest absolute Gasteiger partial charge is 0.461 e. The third-order valence-electron chi connectivity index (χ3n) is 5.26. The lowest BCUT2D eigenvalue weighted by Gasteiger charge is -2.15. The summed E-state index contributed by atoms with van der Waals surface area (Å²) in [6.45, 7) is 1.89. The van der Waals surface area contributed by atoms with Gasteiger partial charge in [-0.1, -0.05) is 61.9 Å². The summed E-state index contributed by atoms with van der Waals surface area (Å²) in [6, 6.07) is 14.7. The molecule has 0 radical (unpaired) electrons. The Morgan fingerprint density at radius 1 is 0.941 bits per heavy atom. The van der Waals surface area contributed by atoms with Crippen molar-refractivity contribution in [3.8, 4) is 22.5 Å². The number of nitrogens with zero attached hydrogens (tertiary/aromatic N) is 6. The standard InChI is InChI=1S/C22H20F5N7/c1-2-3-8-18-28-20(21(23,24)22(25,26)27)31-34(18)13-14-9-11-15(12-10-14)16-6-4-5-7-17(16)19-29-32-33-30-19/h4-7,9-12H,2-3,8,13H2,1H3,(H,29,30,32,33). The van der Waals surface area contributed by atoms with Crippen molar-refractivity contribution in [1.29, 1.82) is 0 Å². The van der Waals surface area contributed by atoms with Gasteiger partial charge in [-0.2, -0.15) is 22.0 Å². The van der Waals surface area contributed by atoms with E-state index in [0.717, 1.165) is 27.8 Å². The minimum atomic E-state index is -5.77. The van der Waals surface area contributed by atoms with Crippen LogP contribution >= 0.6 is 0 Å². The van der Waals surface area contributed by atoms with Crippen molar-refractivity contribution in [2.75, 3.05) is 0 Å². The van der Waals surface area contributed by atoms with E-state index >= 15 is 0 Å². The Bertz CT molecular complexity index is 1230. The van der Waals surface area contributed by atoms with Gasteiger partial charge >= 0.3 is 12.1 Å². The summed E-state index contributed by atoms with van der Waals surface area (Å²) in [4.78, 5) is 3.55. The highest BCUT2D eigenvalue weighted by atomic mass is 19.4. The molecule has 34 heavy (non-hydrogen) atoms. The van der Waals surface area contributed by atoms with Gasteiger partial charge in [0.15, 0.2) is 5.82 Å². The highest BCUT2D eigenvalue weighted by Gasteiger charge is 2.62. The van der Waals surface area contributed by atoms with Gasteiger partial charge in [0.25, 0.3) is 0 Å². The Morgan fingerprint density at radius 3 is 2.26 bits per heavy atom. The molecule has 0 unspecified atom stereocenters. The van der Waals surface area contributed by atoms with Crippen molar-refractivity contribution in [2.45, 2.75) is 44.8 Å². The number of hydrogen-bond acceptors (Lipinski definition) is 5. The second-order valence-electron chi connectivity index (χ2n) is 7.68. The highest BCUT2D eigenvalue weighted by Crippen LogP contribution is 2.42. The van der Waals surface area contributed by atoms with E-state index in [-0.39, 0.29) is 18.8 Å². The number of aromatic amines is 1. The number of rotatable bonds is 8. The average molecular weight is 477 g/mol.